The van der Waals surface area contributed by atoms with Gasteiger partial charge in [-0.05, 0) is 44.7 Å². The van der Waals surface area contributed by atoms with Gasteiger partial charge in [0, 0.05) is 18.9 Å². The highest BCUT2D eigenvalue weighted by molar-refractivity contribution is 5.81. The van der Waals surface area contributed by atoms with Gasteiger partial charge in [-0.25, -0.2) is 0 Å². The summed E-state index contributed by atoms with van der Waals surface area (Å²) in [5, 5.41) is 0. The van der Waals surface area contributed by atoms with Crippen molar-refractivity contribution in [1.82, 2.24) is 4.90 Å². The Morgan fingerprint density at radius 1 is 1.25 bits per heavy atom. The molecule has 0 aromatic heterocycles. The molecule has 0 aromatic rings. The molecule has 1 aliphatic heterocycles. The highest BCUT2D eigenvalue weighted by Gasteiger charge is 2.29. The molecule has 1 heterocycles. The van der Waals surface area contributed by atoms with Gasteiger partial charge in [0.2, 0.25) is 0 Å². The number of rotatable bonds is 3. The number of piperidine rings is 1. The van der Waals surface area contributed by atoms with Crippen LogP contribution in [0.2, 0.25) is 0 Å². The van der Waals surface area contributed by atoms with E-state index in [0.29, 0.717) is 11.7 Å². The highest BCUT2D eigenvalue weighted by Crippen LogP contribution is 2.29. The van der Waals surface area contributed by atoms with E-state index >= 15 is 0 Å². The lowest BCUT2D eigenvalue weighted by atomic mass is 9.79. The molecule has 1 aliphatic carbocycles. The van der Waals surface area contributed by atoms with Crippen molar-refractivity contribution in [2.75, 3.05) is 19.6 Å². The molecule has 0 bridgehead atoms. The van der Waals surface area contributed by atoms with E-state index in [4.69, 9.17) is 0 Å². The van der Waals surface area contributed by atoms with Crippen LogP contribution in [0.3, 0.4) is 0 Å². The van der Waals surface area contributed by atoms with Gasteiger partial charge >= 0.3 is 0 Å². The van der Waals surface area contributed by atoms with Crippen molar-refractivity contribution in [3.05, 3.63) is 0 Å². The summed E-state index contributed by atoms with van der Waals surface area (Å²) in [4.78, 5) is 14.4. The molecule has 0 N–H and O–H groups in total. The molecule has 1 saturated heterocycles. The third-order valence-corrected chi connectivity index (χ3v) is 4.38. The molecule has 16 heavy (non-hydrogen) atoms. The third kappa shape index (κ3) is 3.07. The Hall–Kier alpha value is -0.370. The van der Waals surface area contributed by atoms with Gasteiger partial charge in [-0.1, -0.05) is 19.8 Å². The van der Waals surface area contributed by atoms with Crippen LogP contribution in [0.5, 0.6) is 0 Å². The Labute approximate surface area is 99.4 Å². The molecule has 2 fully saturated rings. The molecule has 2 aliphatic rings. The van der Waals surface area contributed by atoms with E-state index in [9.17, 15) is 4.79 Å². The van der Waals surface area contributed by atoms with Crippen LogP contribution in [0.4, 0.5) is 0 Å². The van der Waals surface area contributed by atoms with Gasteiger partial charge in [-0.3, -0.25) is 4.79 Å². The lowest BCUT2D eigenvalue weighted by Gasteiger charge is -2.33. The van der Waals surface area contributed by atoms with E-state index in [1.807, 2.05) is 0 Å². The minimum absolute atomic E-state index is 0.358. The molecule has 0 amide bonds. The fourth-order valence-electron chi connectivity index (χ4n) is 3.20. The minimum atomic E-state index is 0.358. The first-order valence-corrected chi connectivity index (χ1v) is 7.04. The van der Waals surface area contributed by atoms with Crippen molar-refractivity contribution >= 4 is 5.78 Å². The fraction of sp³-hybridized carbons (Fsp3) is 0.929. The maximum Gasteiger partial charge on any atom is 0.137 e. The number of nitrogens with zero attached hydrogens (tertiary/aromatic N) is 1. The first-order chi connectivity index (χ1) is 7.79. The summed E-state index contributed by atoms with van der Waals surface area (Å²) < 4.78 is 0. The SMILES string of the molecule is CCC1CCC(=O)C(CN2CCCCC2)C1. The predicted molar refractivity (Wildman–Crippen MR) is 66.4 cm³/mol. The van der Waals surface area contributed by atoms with Gasteiger partial charge in [0.05, 0.1) is 0 Å². The second-order valence-corrected chi connectivity index (χ2v) is 5.57. The average molecular weight is 223 g/mol. The normalized spacial score (nSPS) is 32.9. The largest absolute Gasteiger partial charge is 0.303 e. The Morgan fingerprint density at radius 3 is 2.69 bits per heavy atom. The number of Topliss-reactive ketones (excluding diaryl/α,β-unsaturated/α-hetero) is 1. The molecule has 2 nitrogen and oxygen atoms in total. The number of likely N-dealkylation sites (tertiary alicyclic amines) is 1. The molecule has 2 rings (SSSR count). The zero-order chi connectivity index (χ0) is 11.4. The maximum absolute atomic E-state index is 11.9. The summed E-state index contributed by atoms with van der Waals surface area (Å²) in [5.74, 6) is 1.71. The van der Waals surface area contributed by atoms with E-state index in [1.54, 1.807) is 0 Å². The van der Waals surface area contributed by atoms with Crippen molar-refractivity contribution in [1.29, 1.82) is 0 Å². The van der Waals surface area contributed by atoms with Gasteiger partial charge in [0.15, 0.2) is 0 Å². The van der Waals surface area contributed by atoms with Crippen LogP contribution in [-0.2, 0) is 4.79 Å². The second kappa shape index (κ2) is 5.81. The summed E-state index contributed by atoms with van der Waals surface area (Å²) in [6.07, 6.45) is 8.45. The van der Waals surface area contributed by atoms with Gasteiger partial charge in [-0.15, -0.1) is 0 Å². The number of carbonyl (C=O) groups excluding carboxylic acids is 1. The molecule has 0 aromatic carbocycles. The van der Waals surface area contributed by atoms with Gasteiger partial charge in [0.1, 0.15) is 5.78 Å². The van der Waals surface area contributed by atoms with Crippen molar-refractivity contribution in [2.45, 2.75) is 51.9 Å². The molecule has 2 unspecified atom stereocenters. The summed E-state index contributed by atoms with van der Waals surface area (Å²) >= 11 is 0. The second-order valence-electron chi connectivity index (χ2n) is 5.57. The van der Waals surface area contributed by atoms with Crippen molar-refractivity contribution in [2.24, 2.45) is 11.8 Å². The monoisotopic (exact) mass is 223 g/mol. The smallest absolute Gasteiger partial charge is 0.137 e. The molecule has 0 spiro atoms. The maximum atomic E-state index is 11.9. The number of hydrogen-bond acceptors (Lipinski definition) is 2. The summed E-state index contributed by atoms with van der Waals surface area (Å²) in [6.45, 7) is 5.76. The van der Waals surface area contributed by atoms with Gasteiger partial charge in [-0.2, -0.15) is 0 Å². The molecule has 2 heteroatoms. The lowest BCUT2D eigenvalue weighted by molar-refractivity contribution is -0.126. The van der Waals surface area contributed by atoms with E-state index < -0.39 is 0 Å². The van der Waals surface area contributed by atoms with Crippen LogP contribution in [0, 0.1) is 11.8 Å². The Bertz CT molecular complexity index is 233. The predicted octanol–water partition coefficient (Wildman–Crippen LogP) is 2.87. The van der Waals surface area contributed by atoms with Crippen LogP contribution in [0.1, 0.15) is 51.9 Å². The van der Waals surface area contributed by atoms with Crippen LogP contribution < -0.4 is 0 Å². The van der Waals surface area contributed by atoms with E-state index in [1.165, 1.54) is 38.8 Å². The van der Waals surface area contributed by atoms with Crippen LogP contribution in [0.15, 0.2) is 0 Å². The van der Waals surface area contributed by atoms with Crippen LogP contribution in [-0.4, -0.2) is 30.3 Å². The Kier molecular flexibility index (Phi) is 4.39. The van der Waals surface area contributed by atoms with Crippen LogP contribution >= 0.6 is 0 Å². The first-order valence-electron chi connectivity index (χ1n) is 7.04. The van der Waals surface area contributed by atoms with E-state index in [2.05, 4.69) is 11.8 Å². The molecule has 0 radical (unpaired) electrons. The first kappa shape index (κ1) is 12.1. The lowest BCUT2D eigenvalue weighted by Crippen LogP contribution is -2.39. The van der Waals surface area contributed by atoms with Gasteiger partial charge in [0.25, 0.3) is 0 Å². The van der Waals surface area contributed by atoms with E-state index in [0.717, 1.165) is 31.7 Å². The molecule has 92 valence electrons. The molecular weight excluding hydrogens is 198 g/mol. The standard InChI is InChI=1S/C14H25NO/c1-2-12-6-7-14(16)13(10-12)11-15-8-4-3-5-9-15/h12-13H,2-11H2,1H3. The Balaban J connectivity index is 1.83. The molecule has 1 saturated carbocycles. The van der Waals surface area contributed by atoms with Crippen molar-refractivity contribution in [3.63, 3.8) is 0 Å². The van der Waals surface area contributed by atoms with Crippen molar-refractivity contribution in [3.8, 4) is 0 Å². The average Bonchev–Trinajstić information content (AvgIpc) is 2.33. The van der Waals surface area contributed by atoms with Crippen LogP contribution in [0.25, 0.3) is 0 Å². The fourth-order valence-corrected chi connectivity index (χ4v) is 3.20. The zero-order valence-electron chi connectivity index (χ0n) is 10.6. The number of carbonyl (C=O) groups is 1. The van der Waals surface area contributed by atoms with Crippen molar-refractivity contribution < 1.29 is 4.79 Å². The summed E-state index contributed by atoms with van der Waals surface area (Å²) in [6, 6.07) is 0. The molecule has 2 atom stereocenters. The zero-order valence-corrected chi connectivity index (χ0v) is 10.6. The number of hydrogen-bond donors (Lipinski definition) is 0. The third-order valence-electron chi connectivity index (χ3n) is 4.38. The minimum Gasteiger partial charge on any atom is -0.303 e. The topological polar surface area (TPSA) is 20.3 Å². The highest BCUT2D eigenvalue weighted by atomic mass is 16.1. The quantitative estimate of drug-likeness (QED) is 0.733. The van der Waals surface area contributed by atoms with Gasteiger partial charge < -0.3 is 4.90 Å². The molecular formula is C14H25NO. The number of ketones is 1. The summed E-state index contributed by atoms with van der Waals surface area (Å²) in [7, 11) is 0. The Morgan fingerprint density at radius 2 is 2.00 bits per heavy atom. The van der Waals surface area contributed by atoms with E-state index in [-0.39, 0.29) is 0 Å². The summed E-state index contributed by atoms with van der Waals surface area (Å²) in [5.41, 5.74) is 0.